The Balaban J connectivity index is 1.74. The van der Waals surface area contributed by atoms with E-state index in [2.05, 4.69) is 20.6 Å². The fourth-order valence-electron chi connectivity index (χ4n) is 3.27. The Kier molecular flexibility index (Phi) is 7.15. The van der Waals surface area contributed by atoms with E-state index in [0.29, 0.717) is 41.7 Å². The van der Waals surface area contributed by atoms with Crippen molar-refractivity contribution in [2.24, 2.45) is 5.92 Å². The molecule has 158 valence electrons. The van der Waals surface area contributed by atoms with Crippen LogP contribution in [-0.4, -0.2) is 66.2 Å². The zero-order valence-electron chi connectivity index (χ0n) is 16.6. The lowest BCUT2D eigenvalue weighted by molar-refractivity contribution is -0.125. The van der Waals surface area contributed by atoms with Gasteiger partial charge in [0.2, 0.25) is 11.8 Å². The predicted octanol–water partition coefficient (Wildman–Crippen LogP) is -0.0319. The molecule has 11 heteroatoms. The number of ether oxygens (including phenoxy) is 1. The second-order valence-corrected chi connectivity index (χ2v) is 7.83. The number of fused-ring (bicyclic) bond motifs is 1. The summed E-state index contributed by atoms with van der Waals surface area (Å²) in [5, 5.41) is 6.23. The minimum Gasteiger partial charge on any atom is -0.383 e. The molecule has 1 unspecified atom stereocenters. The van der Waals surface area contributed by atoms with Crippen molar-refractivity contribution in [3.05, 3.63) is 16.7 Å². The Bertz CT molecular complexity index is 927. The van der Waals surface area contributed by atoms with E-state index in [4.69, 9.17) is 4.74 Å². The topological polar surface area (TPSA) is 118 Å². The van der Waals surface area contributed by atoms with E-state index in [1.165, 1.54) is 22.2 Å². The van der Waals surface area contributed by atoms with Gasteiger partial charge in [-0.25, -0.2) is 4.98 Å². The van der Waals surface area contributed by atoms with E-state index < -0.39 is 0 Å². The first-order valence-electron chi connectivity index (χ1n) is 9.67. The number of thiazole rings is 1. The predicted molar refractivity (Wildman–Crippen MR) is 110 cm³/mol. The largest absolute Gasteiger partial charge is 0.383 e. The lowest BCUT2D eigenvalue weighted by Gasteiger charge is -2.31. The smallest absolute Gasteiger partial charge is 0.273 e. The van der Waals surface area contributed by atoms with Crippen LogP contribution in [0, 0.1) is 5.92 Å². The number of hydrogen-bond donors (Lipinski definition) is 2. The molecule has 0 spiro atoms. The van der Waals surface area contributed by atoms with E-state index in [-0.39, 0.29) is 29.8 Å². The molecule has 2 N–H and O–H groups in total. The summed E-state index contributed by atoms with van der Waals surface area (Å²) in [5.41, 5.74) is 0.0732. The summed E-state index contributed by atoms with van der Waals surface area (Å²) in [6.07, 6.45) is 3.07. The maximum atomic E-state index is 12.8. The number of carbonyl (C=O) groups is 2. The molecule has 3 heterocycles. The van der Waals surface area contributed by atoms with Gasteiger partial charge in [0.05, 0.1) is 12.5 Å². The quantitative estimate of drug-likeness (QED) is 0.574. The molecule has 1 atom stereocenters. The highest BCUT2D eigenvalue weighted by Crippen LogP contribution is 2.29. The molecular weight excluding hydrogens is 396 g/mol. The van der Waals surface area contributed by atoms with Crippen LogP contribution in [0.1, 0.15) is 19.8 Å². The zero-order valence-corrected chi connectivity index (χ0v) is 17.5. The molecule has 0 bridgehead atoms. The third-order valence-corrected chi connectivity index (χ3v) is 5.82. The summed E-state index contributed by atoms with van der Waals surface area (Å²) in [4.78, 5) is 47.7. The summed E-state index contributed by atoms with van der Waals surface area (Å²) in [6.45, 7) is 4.55. The molecule has 10 nitrogen and oxygen atoms in total. The fourth-order valence-corrected chi connectivity index (χ4v) is 4.27. The molecule has 29 heavy (non-hydrogen) atoms. The van der Waals surface area contributed by atoms with Crippen LogP contribution in [0.15, 0.2) is 11.1 Å². The van der Waals surface area contributed by atoms with Gasteiger partial charge in [-0.1, -0.05) is 11.3 Å². The second-order valence-electron chi connectivity index (χ2n) is 6.85. The number of piperidine rings is 1. The van der Waals surface area contributed by atoms with Crippen LogP contribution in [0.4, 0.5) is 5.13 Å². The van der Waals surface area contributed by atoms with E-state index in [9.17, 15) is 14.4 Å². The van der Waals surface area contributed by atoms with Crippen LogP contribution < -0.4 is 21.1 Å². The molecular formula is C18H26N6O4S. The molecule has 0 radical (unpaired) electrons. The maximum Gasteiger partial charge on any atom is 0.273 e. The van der Waals surface area contributed by atoms with E-state index in [1.807, 2.05) is 11.8 Å². The van der Waals surface area contributed by atoms with Gasteiger partial charge in [-0.15, -0.1) is 0 Å². The number of nitrogens with one attached hydrogen (secondary N) is 2. The Morgan fingerprint density at radius 3 is 2.97 bits per heavy atom. The minimum atomic E-state index is -0.294. The number of nitrogens with zero attached hydrogens (tertiary/aromatic N) is 4. The van der Waals surface area contributed by atoms with Crippen molar-refractivity contribution in [1.82, 2.24) is 25.2 Å². The Labute approximate surface area is 172 Å². The van der Waals surface area contributed by atoms with Crippen molar-refractivity contribution in [3.63, 3.8) is 0 Å². The first-order chi connectivity index (χ1) is 14.0. The number of aromatic nitrogens is 3. The van der Waals surface area contributed by atoms with Gasteiger partial charge < -0.3 is 20.3 Å². The Morgan fingerprint density at radius 1 is 1.38 bits per heavy atom. The van der Waals surface area contributed by atoms with E-state index in [1.54, 1.807) is 7.11 Å². The normalized spacial score (nSPS) is 16.8. The number of anilines is 1. The highest BCUT2D eigenvalue weighted by molar-refractivity contribution is 7.22. The summed E-state index contributed by atoms with van der Waals surface area (Å²) in [6, 6.07) is 0. The molecule has 3 rings (SSSR count). The van der Waals surface area contributed by atoms with E-state index in [0.717, 1.165) is 19.4 Å². The van der Waals surface area contributed by atoms with Crippen molar-refractivity contribution in [2.75, 3.05) is 44.8 Å². The molecule has 1 aliphatic heterocycles. The third kappa shape index (κ3) is 5.10. The van der Waals surface area contributed by atoms with Gasteiger partial charge in [0.1, 0.15) is 17.6 Å². The van der Waals surface area contributed by atoms with Crippen molar-refractivity contribution in [1.29, 1.82) is 0 Å². The molecule has 2 aromatic rings. The number of methoxy groups -OCH3 is 1. The molecule has 2 amide bonds. The van der Waals surface area contributed by atoms with Crippen molar-refractivity contribution < 1.29 is 14.3 Å². The van der Waals surface area contributed by atoms with Crippen LogP contribution in [-0.2, 0) is 20.9 Å². The first-order valence-corrected chi connectivity index (χ1v) is 10.5. The van der Waals surface area contributed by atoms with Crippen LogP contribution >= 0.6 is 11.3 Å². The zero-order chi connectivity index (χ0) is 20.8. The summed E-state index contributed by atoms with van der Waals surface area (Å²) in [5.74, 6) is -0.315. The second kappa shape index (κ2) is 9.79. The Hall–Kier alpha value is -2.53. The number of rotatable bonds is 8. The van der Waals surface area contributed by atoms with Gasteiger partial charge >= 0.3 is 0 Å². The van der Waals surface area contributed by atoms with Gasteiger partial charge in [0, 0.05) is 33.3 Å². The average molecular weight is 423 g/mol. The standard InChI is InChI=1S/C18H26N6O4S/c1-3-19-16(26)12-5-4-7-23(9-12)18-22-15-14(29-18)17(27)24(11-21-15)10-13(25)20-6-8-28-2/h11-12H,3-10H2,1-2H3,(H,19,26)(H,20,25). The van der Waals surface area contributed by atoms with E-state index >= 15 is 0 Å². The molecule has 1 fully saturated rings. The van der Waals surface area contributed by atoms with Crippen molar-refractivity contribution >= 4 is 38.6 Å². The Morgan fingerprint density at radius 2 is 2.21 bits per heavy atom. The fraction of sp³-hybridized carbons (Fsp3) is 0.611. The molecule has 0 saturated carbocycles. The first kappa shape index (κ1) is 21.2. The summed E-state index contributed by atoms with van der Waals surface area (Å²) in [7, 11) is 1.55. The molecule has 1 saturated heterocycles. The van der Waals surface area contributed by atoms with Gasteiger partial charge in [0.15, 0.2) is 10.8 Å². The number of hydrogen-bond acceptors (Lipinski definition) is 8. The van der Waals surface area contributed by atoms with Crippen LogP contribution in [0.25, 0.3) is 10.3 Å². The number of amides is 2. The van der Waals surface area contributed by atoms with Crippen LogP contribution in [0.3, 0.4) is 0 Å². The van der Waals surface area contributed by atoms with Crippen molar-refractivity contribution in [2.45, 2.75) is 26.3 Å². The van der Waals surface area contributed by atoms with Crippen LogP contribution in [0.2, 0.25) is 0 Å². The molecule has 1 aliphatic rings. The summed E-state index contributed by atoms with van der Waals surface area (Å²) >= 11 is 1.26. The summed E-state index contributed by atoms with van der Waals surface area (Å²) < 4.78 is 6.58. The van der Waals surface area contributed by atoms with Crippen molar-refractivity contribution in [3.8, 4) is 0 Å². The molecule has 0 aliphatic carbocycles. The van der Waals surface area contributed by atoms with Crippen LogP contribution in [0.5, 0.6) is 0 Å². The van der Waals surface area contributed by atoms with Gasteiger partial charge in [-0.2, -0.15) is 4.98 Å². The lowest BCUT2D eigenvalue weighted by atomic mass is 9.97. The molecule has 2 aromatic heterocycles. The van der Waals surface area contributed by atoms with Gasteiger partial charge in [-0.3, -0.25) is 19.0 Å². The SMILES string of the molecule is CCNC(=O)C1CCCN(c2nc3ncn(CC(=O)NCCOC)c(=O)c3s2)C1. The average Bonchev–Trinajstić information content (AvgIpc) is 3.16. The monoisotopic (exact) mass is 422 g/mol. The highest BCUT2D eigenvalue weighted by Gasteiger charge is 2.27. The highest BCUT2D eigenvalue weighted by atomic mass is 32.1. The van der Waals surface area contributed by atoms with Gasteiger partial charge in [0.25, 0.3) is 5.56 Å². The lowest BCUT2D eigenvalue weighted by Crippen LogP contribution is -2.43. The number of carbonyl (C=O) groups excluding carboxylic acids is 2. The maximum absolute atomic E-state index is 12.8. The minimum absolute atomic E-state index is 0.0540. The third-order valence-electron chi connectivity index (χ3n) is 4.73. The van der Waals surface area contributed by atoms with Gasteiger partial charge in [-0.05, 0) is 19.8 Å². The molecule has 0 aromatic carbocycles.